The van der Waals surface area contributed by atoms with Crippen molar-refractivity contribution < 1.29 is 24.2 Å². The minimum Gasteiger partial charge on any atom is -0.493 e. The summed E-state index contributed by atoms with van der Waals surface area (Å²) in [7, 11) is 3.11. The summed E-state index contributed by atoms with van der Waals surface area (Å²) in [6.45, 7) is 1.84. The van der Waals surface area contributed by atoms with Crippen molar-refractivity contribution in [2.24, 2.45) is 11.8 Å². The molecule has 3 atom stereocenters. The van der Waals surface area contributed by atoms with Crippen LogP contribution in [0.1, 0.15) is 24.9 Å². The summed E-state index contributed by atoms with van der Waals surface area (Å²) in [5, 5.41) is 11.7. The van der Waals surface area contributed by atoms with Crippen LogP contribution in [-0.4, -0.2) is 31.2 Å². The number of benzene rings is 1. The maximum Gasteiger partial charge on any atom is 0.307 e. The monoisotopic (exact) mass is 293 g/mol. The van der Waals surface area contributed by atoms with Crippen LogP contribution < -0.4 is 14.8 Å². The fourth-order valence-electron chi connectivity index (χ4n) is 2.28. The highest BCUT2D eigenvalue weighted by Gasteiger charge is 2.48. The quantitative estimate of drug-likeness (QED) is 0.832. The summed E-state index contributed by atoms with van der Waals surface area (Å²) >= 11 is 0. The molecular weight excluding hydrogens is 274 g/mol. The number of carboxylic acid groups (broad SMARTS) is 1. The average molecular weight is 293 g/mol. The Morgan fingerprint density at radius 3 is 2.43 bits per heavy atom. The molecule has 0 saturated heterocycles. The second-order valence-corrected chi connectivity index (χ2v) is 5.13. The molecule has 1 aromatic rings. The van der Waals surface area contributed by atoms with Gasteiger partial charge < -0.3 is 19.9 Å². The molecule has 0 unspecified atom stereocenters. The van der Waals surface area contributed by atoms with E-state index in [1.54, 1.807) is 26.4 Å². The highest BCUT2D eigenvalue weighted by Crippen LogP contribution is 2.39. The molecule has 6 heteroatoms. The molecule has 1 saturated carbocycles. The summed E-state index contributed by atoms with van der Waals surface area (Å²) in [4.78, 5) is 22.7. The van der Waals surface area contributed by atoms with Crippen molar-refractivity contribution in [1.29, 1.82) is 0 Å². The van der Waals surface area contributed by atoms with E-state index in [0.29, 0.717) is 17.9 Å². The molecule has 2 N–H and O–H groups in total. The molecule has 1 aromatic carbocycles. The molecule has 0 aromatic heterocycles. The first-order chi connectivity index (χ1) is 9.97. The van der Waals surface area contributed by atoms with Crippen molar-refractivity contribution in [1.82, 2.24) is 5.32 Å². The number of rotatable bonds is 6. The number of carbonyl (C=O) groups is 2. The number of carbonyl (C=O) groups excluding carboxylic acids is 1. The van der Waals surface area contributed by atoms with Crippen LogP contribution in [-0.2, 0) is 9.59 Å². The van der Waals surface area contributed by atoms with Crippen LogP contribution >= 0.6 is 0 Å². The normalized spacial score (nSPS) is 21.3. The van der Waals surface area contributed by atoms with Crippen LogP contribution in [0, 0.1) is 11.8 Å². The molecule has 6 nitrogen and oxygen atoms in total. The van der Waals surface area contributed by atoms with Gasteiger partial charge in [0, 0.05) is 0 Å². The van der Waals surface area contributed by atoms with Crippen molar-refractivity contribution in [2.75, 3.05) is 14.2 Å². The van der Waals surface area contributed by atoms with Crippen LogP contribution in [0.15, 0.2) is 18.2 Å². The molecule has 0 radical (unpaired) electrons. The van der Waals surface area contributed by atoms with E-state index >= 15 is 0 Å². The number of hydrogen-bond acceptors (Lipinski definition) is 4. The third-order valence-electron chi connectivity index (χ3n) is 3.71. The van der Waals surface area contributed by atoms with E-state index in [2.05, 4.69) is 5.32 Å². The number of methoxy groups -OCH3 is 2. The van der Waals surface area contributed by atoms with E-state index in [9.17, 15) is 9.59 Å². The molecule has 1 aliphatic rings. The zero-order valence-corrected chi connectivity index (χ0v) is 12.3. The van der Waals surface area contributed by atoms with Crippen molar-refractivity contribution in [3.63, 3.8) is 0 Å². The second-order valence-electron chi connectivity index (χ2n) is 5.13. The number of hydrogen-bond donors (Lipinski definition) is 2. The van der Waals surface area contributed by atoms with Crippen molar-refractivity contribution in [3.05, 3.63) is 23.8 Å². The summed E-state index contributed by atoms with van der Waals surface area (Å²) < 4.78 is 10.4. The third kappa shape index (κ3) is 3.26. The largest absolute Gasteiger partial charge is 0.493 e. The van der Waals surface area contributed by atoms with E-state index in [-0.39, 0.29) is 11.9 Å². The summed E-state index contributed by atoms with van der Waals surface area (Å²) in [6, 6.07) is 5.18. The van der Waals surface area contributed by atoms with E-state index in [1.165, 1.54) is 0 Å². The Kier molecular flexibility index (Phi) is 4.35. The molecule has 0 spiro atoms. The SMILES string of the molecule is COc1ccc([C@H](C)NC(=O)[C@H]2C[C@@H]2C(=O)O)cc1OC. The Morgan fingerprint density at radius 2 is 1.90 bits per heavy atom. The molecule has 0 heterocycles. The first kappa shape index (κ1) is 15.2. The lowest BCUT2D eigenvalue weighted by molar-refractivity contribution is -0.140. The Labute approximate surface area is 123 Å². The number of aliphatic carboxylic acids is 1. The van der Waals surface area contributed by atoms with Gasteiger partial charge in [0.2, 0.25) is 5.91 Å². The van der Waals surface area contributed by atoms with E-state index in [4.69, 9.17) is 14.6 Å². The molecule has 21 heavy (non-hydrogen) atoms. The van der Waals surface area contributed by atoms with Crippen molar-refractivity contribution >= 4 is 11.9 Å². The molecule has 1 aliphatic carbocycles. The molecule has 1 fully saturated rings. The fraction of sp³-hybridized carbons (Fsp3) is 0.467. The third-order valence-corrected chi connectivity index (χ3v) is 3.71. The fourth-order valence-corrected chi connectivity index (χ4v) is 2.28. The van der Waals surface area contributed by atoms with Gasteiger partial charge in [-0.05, 0) is 31.0 Å². The minimum atomic E-state index is -0.908. The second kappa shape index (κ2) is 6.03. The lowest BCUT2D eigenvalue weighted by Gasteiger charge is -2.16. The molecule has 0 aliphatic heterocycles. The van der Waals surface area contributed by atoms with Crippen molar-refractivity contribution in [2.45, 2.75) is 19.4 Å². The van der Waals surface area contributed by atoms with E-state index in [0.717, 1.165) is 5.56 Å². The van der Waals surface area contributed by atoms with Gasteiger partial charge in [-0.25, -0.2) is 0 Å². The highest BCUT2D eigenvalue weighted by atomic mass is 16.5. The molecule has 114 valence electrons. The Morgan fingerprint density at radius 1 is 1.24 bits per heavy atom. The number of amides is 1. The van der Waals surface area contributed by atoms with Crippen molar-refractivity contribution in [3.8, 4) is 11.5 Å². The van der Waals surface area contributed by atoms with E-state index < -0.39 is 17.8 Å². The number of nitrogens with one attached hydrogen (secondary N) is 1. The van der Waals surface area contributed by atoms with Crippen LogP contribution in [0.4, 0.5) is 0 Å². The summed E-state index contributed by atoms with van der Waals surface area (Å²) in [5.41, 5.74) is 0.869. The Balaban J connectivity index is 2.02. The smallest absolute Gasteiger partial charge is 0.307 e. The number of carboxylic acids is 1. The molecule has 0 bridgehead atoms. The first-order valence-corrected chi connectivity index (χ1v) is 6.73. The van der Waals surface area contributed by atoms with Crippen LogP contribution in [0.5, 0.6) is 11.5 Å². The van der Waals surface area contributed by atoms with Gasteiger partial charge in [0.05, 0.1) is 32.1 Å². The lowest BCUT2D eigenvalue weighted by atomic mass is 10.1. The Bertz CT molecular complexity index is 557. The van der Waals surface area contributed by atoms with Crippen LogP contribution in [0.3, 0.4) is 0 Å². The number of ether oxygens (including phenoxy) is 2. The summed E-state index contributed by atoms with van der Waals surface area (Å²) in [5.74, 6) is -0.870. The summed E-state index contributed by atoms with van der Waals surface area (Å²) in [6.07, 6.45) is 0.416. The maximum absolute atomic E-state index is 12.0. The minimum absolute atomic E-state index is 0.218. The predicted molar refractivity (Wildman–Crippen MR) is 75.3 cm³/mol. The van der Waals surface area contributed by atoms with Gasteiger partial charge in [-0.15, -0.1) is 0 Å². The first-order valence-electron chi connectivity index (χ1n) is 6.73. The molecular formula is C15H19NO5. The van der Waals surface area contributed by atoms with Gasteiger partial charge >= 0.3 is 5.97 Å². The van der Waals surface area contributed by atoms with Gasteiger partial charge in [-0.1, -0.05) is 6.07 Å². The van der Waals surface area contributed by atoms with Gasteiger partial charge in [0.15, 0.2) is 11.5 Å². The van der Waals surface area contributed by atoms with Crippen LogP contribution in [0.25, 0.3) is 0 Å². The molecule has 1 amide bonds. The zero-order chi connectivity index (χ0) is 15.6. The van der Waals surface area contributed by atoms with Gasteiger partial charge in [-0.2, -0.15) is 0 Å². The molecule has 2 rings (SSSR count). The Hall–Kier alpha value is -2.24. The van der Waals surface area contributed by atoms with Gasteiger partial charge in [0.1, 0.15) is 0 Å². The van der Waals surface area contributed by atoms with Gasteiger partial charge in [-0.3, -0.25) is 9.59 Å². The lowest BCUT2D eigenvalue weighted by Crippen LogP contribution is -2.29. The highest BCUT2D eigenvalue weighted by molar-refractivity contribution is 5.89. The predicted octanol–water partition coefficient (Wildman–Crippen LogP) is 1.60. The standard InChI is InChI=1S/C15H19NO5/c1-8(16-14(17)10-7-11(10)15(18)19)9-4-5-12(20-2)13(6-9)21-3/h4-6,8,10-11H,7H2,1-3H3,(H,16,17)(H,18,19)/t8-,10-,11-/m0/s1. The topological polar surface area (TPSA) is 84.9 Å². The van der Waals surface area contributed by atoms with E-state index in [1.807, 2.05) is 13.0 Å². The maximum atomic E-state index is 12.0. The average Bonchev–Trinajstić information content (AvgIpc) is 3.27. The zero-order valence-electron chi connectivity index (χ0n) is 12.3. The van der Waals surface area contributed by atoms with Crippen LogP contribution in [0.2, 0.25) is 0 Å². The van der Waals surface area contributed by atoms with Gasteiger partial charge in [0.25, 0.3) is 0 Å².